The minimum atomic E-state index is -0.145. The number of halogens is 4. The summed E-state index contributed by atoms with van der Waals surface area (Å²) in [5.41, 5.74) is 0. The average molecular weight is 328 g/mol. The fourth-order valence-corrected chi connectivity index (χ4v) is 2.34. The molecule has 0 aliphatic carbocycles. The first-order chi connectivity index (χ1) is 8.54. The predicted octanol–water partition coefficient (Wildman–Crippen LogP) is 5.02. The Morgan fingerprint density at radius 2 is 2.00 bits per heavy atom. The largest absolute Gasteiger partial charge is 0.486 e. The summed E-state index contributed by atoms with van der Waals surface area (Å²) in [5.74, 6) is 0.401. The predicted molar refractivity (Wildman–Crippen MR) is 75.5 cm³/mol. The molecule has 1 aliphatic heterocycles. The minimum absolute atomic E-state index is 0.0623. The quantitative estimate of drug-likeness (QED) is 0.328. The second kappa shape index (κ2) is 5.89. The van der Waals surface area contributed by atoms with Crippen LogP contribution >= 0.6 is 46.4 Å². The van der Waals surface area contributed by atoms with Crippen molar-refractivity contribution in [2.45, 2.75) is 18.6 Å². The van der Waals surface area contributed by atoms with Crippen molar-refractivity contribution in [1.29, 1.82) is 0 Å². The van der Waals surface area contributed by atoms with Crippen LogP contribution in [-0.2, 0) is 4.74 Å². The van der Waals surface area contributed by atoms with Crippen molar-refractivity contribution in [3.05, 3.63) is 38.8 Å². The lowest BCUT2D eigenvalue weighted by molar-refractivity contribution is 0.162. The summed E-state index contributed by atoms with van der Waals surface area (Å²) in [6, 6.07) is 1.55. The van der Waals surface area contributed by atoms with Crippen molar-refractivity contribution >= 4 is 46.4 Å². The van der Waals surface area contributed by atoms with Crippen LogP contribution in [0, 0.1) is 0 Å². The van der Waals surface area contributed by atoms with Crippen molar-refractivity contribution < 1.29 is 9.47 Å². The molecular weight excluding hydrogens is 318 g/mol. The molecule has 2 atom stereocenters. The molecule has 0 radical (unpaired) electrons. The Hall–Kier alpha value is -0.120. The van der Waals surface area contributed by atoms with Crippen LogP contribution in [0.4, 0.5) is 0 Å². The van der Waals surface area contributed by atoms with E-state index in [0.717, 1.165) is 0 Å². The summed E-state index contributed by atoms with van der Waals surface area (Å²) in [6.07, 6.45) is 2.33. The van der Waals surface area contributed by atoms with Crippen LogP contribution < -0.4 is 4.74 Å². The van der Waals surface area contributed by atoms with E-state index in [1.807, 2.05) is 0 Å². The van der Waals surface area contributed by atoms with E-state index < -0.39 is 0 Å². The van der Waals surface area contributed by atoms with E-state index in [2.05, 4.69) is 6.58 Å². The van der Waals surface area contributed by atoms with Crippen LogP contribution in [0.2, 0.25) is 20.1 Å². The van der Waals surface area contributed by atoms with Crippen molar-refractivity contribution in [3.63, 3.8) is 0 Å². The van der Waals surface area contributed by atoms with E-state index in [1.54, 1.807) is 12.1 Å². The molecule has 1 aliphatic rings. The van der Waals surface area contributed by atoms with Gasteiger partial charge in [-0.3, -0.25) is 0 Å². The summed E-state index contributed by atoms with van der Waals surface area (Å²) in [4.78, 5) is 0. The first-order valence-electron chi connectivity index (χ1n) is 5.26. The normalized spacial score (nSPS) is 19.4. The number of hydrogen-bond acceptors (Lipinski definition) is 2. The van der Waals surface area contributed by atoms with Gasteiger partial charge in [-0.1, -0.05) is 52.5 Å². The number of benzene rings is 1. The zero-order valence-corrected chi connectivity index (χ0v) is 12.3. The van der Waals surface area contributed by atoms with Crippen LogP contribution in [0.1, 0.15) is 6.42 Å². The fourth-order valence-electron chi connectivity index (χ4n) is 1.51. The molecule has 1 heterocycles. The van der Waals surface area contributed by atoms with Crippen molar-refractivity contribution in [2.24, 2.45) is 0 Å². The zero-order chi connectivity index (χ0) is 13.3. The number of rotatable bonds is 5. The van der Waals surface area contributed by atoms with Gasteiger partial charge in [-0.25, -0.2) is 0 Å². The van der Waals surface area contributed by atoms with E-state index in [-0.39, 0.29) is 27.3 Å². The second-order valence-corrected chi connectivity index (χ2v) is 5.39. The number of epoxide rings is 1. The van der Waals surface area contributed by atoms with Gasteiger partial charge in [0, 0.05) is 12.5 Å². The first-order valence-corrected chi connectivity index (χ1v) is 6.78. The second-order valence-electron chi connectivity index (χ2n) is 3.85. The number of hydrogen-bond donors (Lipinski definition) is 0. The molecule has 2 nitrogen and oxygen atoms in total. The molecule has 0 bridgehead atoms. The Labute approximate surface area is 125 Å². The highest BCUT2D eigenvalue weighted by Gasteiger charge is 2.34. The summed E-state index contributed by atoms with van der Waals surface area (Å²) >= 11 is 23.9. The standard InChI is InChI=1S/C12H10Cl4O2/c1-2-3-7(9-5-17-9)18-8-4-6(13)10(14)12(16)11(8)15/h2,4,7,9H,1,3,5H2. The lowest BCUT2D eigenvalue weighted by atomic mass is 10.2. The summed E-state index contributed by atoms with van der Waals surface area (Å²) in [6.45, 7) is 4.35. The maximum absolute atomic E-state index is 6.07. The topological polar surface area (TPSA) is 21.8 Å². The van der Waals surface area contributed by atoms with Gasteiger partial charge >= 0.3 is 0 Å². The molecule has 0 amide bonds. The minimum Gasteiger partial charge on any atom is -0.486 e. The molecule has 2 unspecified atom stereocenters. The molecule has 6 heteroatoms. The summed E-state index contributed by atoms with van der Waals surface area (Å²) < 4.78 is 11.0. The Kier molecular flexibility index (Phi) is 4.68. The Morgan fingerprint density at radius 3 is 2.56 bits per heavy atom. The van der Waals surface area contributed by atoms with E-state index in [4.69, 9.17) is 55.9 Å². The van der Waals surface area contributed by atoms with E-state index in [9.17, 15) is 0 Å². The number of ether oxygens (including phenoxy) is 2. The van der Waals surface area contributed by atoms with Crippen LogP contribution in [0.25, 0.3) is 0 Å². The molecule has 18 heavy (non-hydrogen) atoms. The summed E-state index contributed by atoms with van der Waals surface area (Å²) in [7, 11) is 0. The fraction of sp³-hybridized carbons (Fsp3) is 0.333. The van der Waals surface area contributed by atoms with E-state index >= 15 is 0 Å². The lowest BCUT2D eigenvalue weighted by Gasteiger charge is -2.18. The third-order valence-corrected chi connectivity index (χ3v) is 4.25. The van der Waals surface area contributed by atoms with Crippen LogP contribution in [0.3, 0.4) is 0 Å². The van der Waals surface area contributed by atoms with Gasteiger partial charge < -0.3 is 9.47 Å². The highest BCUT2D eigenvalue weighted by molar-refractivity contribution is 6.52. The first kappa shape index (κ1) is 14.3. The molecule has 1 aromatic rings. The monoisotopic (exact) mass is 326 g/mol. The van der Waals surface area contributed by atoms with Gasteiger partial charge in [-0.05, 0) is 0 Å². The lowest BCUT2D eigenvalue weighted by Crippen LogP contribution is -2.22. The molecule has 0 aromatic heterocycles. The molecule has 2 rings (SSSR count). The highest BCUT2D eigenvalue weighted by Crippen LogP contribution is 2.42. The average Bonchev–Trinajstić information content (AvgIpc) is 3.16. The van der Waals surface area contributed by atoms with Crippen LogP contribution in [0.5, 0.6) is 5.75 Å². The van der Waals surface area contributed by atoms with Crippen molar-refractivity contribution in [1.82, 2.24) is 0 Å². The van der Waals surface area contributed by atoms with Crippen molar-refractivity contribution in [3.8, 4) is 5.75 Å². The Bertz CT molecular complexity index is 472. The Morgan fingerprint density at radius 1 is 1.33 bits per heavy atom. The van der Waals surface area contributed by atoms with Crippen LogP contribution in [-0.4, -0.2) is 18.8 Å². The van der Waals surface area contributed by atoms with Gasteiger partial charge in [0.05, 0.1) is 21.7 Å². The third-order valence-electron chi connectivity index (χ3n) is 2.52. The van der Waals surface area contributed by atoms with Gasteiger partial charge in [0.25, 0.3) is 0 Å². The molecule has 0 saturated carbocycles. The molecular formula is C12H10Cl4O2. The third kappa shape index (κ3) is 3.06. The van der Waals surface area contributed by atoms with Crippen LogP contribution in [0.15, 0.2) is 18.7 Å². The van der Waals surface area contributed by atoms with E-state index in [0.29, 0.717) is 23.8 Å². The van der Waals surface area contributed by atoms with Gasteiger partial charge in [-0.2, -0.15) is 0 Å². The molecule has 1 aromatic carbocycles. The maximum Gasteiger partial charge on any atom is 0.141 e. The Balaban J connectivity index is 2.24. The van der Waals surface area contributed by atoms with Gasteiger partial charge in [0.1, 0.15) is 23.0 Å². The van der Waals surface area contributed by atoms with Gasteiger partial charge in [0.15, 0.2) is 0 Å². The molecule has 98 valence electrons. The van der Waals surface area contributed by atoms with Gasteiger partial charge in [0.2, 0.25) is 0 Å². The highest BCUT2D eigenvalue weighted by atomic mass is 35.5. The molecule has 0 N–H and O–H groups in total. The van der Waals surface area contributed by atoms with Crippen molar-refractivity contribution in [2.75, 3.05) is 6.61 Å². The molecule has 1 fully saturated rings. The molecule has 0 spiro atoms. The van der Waals surface area contributed by atoms with Gasteiger partial charge in [-0.15, -0.1) is 6.58 Å². The zero-order valence-electron chi connectivity index (χ0n) is 9.26. The van der Waals surface area contributed by atoms with E-state index in [1.165, 1.54) is 0 Å². The smallest absolute Gasteiger partial charge is 0.141 e. The molecule has 1 saturated heterocycles. The maximum atomic E-state index is 6.07. The summed E-state index contributed by atoms with van der Waals surface area (Å²) in [5, 5.41) is 0.962. The SMILES string of the molecule is C=CCC(Oc1cc(Cl)c(Cl)c(Cl)c1Cl)C1CO1.